The molecule has 0 saturated carbocycles. The number of benzene rings is 8. The zero-order valence-electron chi connectivity index (χ0n) is 29.5. The molecule has 0 amide bonds. The minimum atomic E-state index is -0.0857. The van der Waals surface area contributed by atoms with Crippen LogP contribution in [0.25, 0.3) is 77.1 Å². The summed E-state index contributed by atoms with van der Waals surface area (Å²) >= 11 is 0. The van der Waals surface area contributed by atoms with Gasteiger partial charge in [0, 0.05) is 38.5 Å². The van der Waals surface area contributed by atoms with Gasteiger partial charge in [-0.1, -0.05) is 140 Å². The van der Waals surface area contributed by atoms with Crippen LogP contribution in [-0.4, -0.2) is 9.13 Å². The van der Waals surface area contributed by atoms with Crippen molar-refractivity contribution in [3.05, 3.63) is 211 Å². The Morgan fingerprint density at radius 2 is 0.870 bits per heavy atom. The summed E-state index contributed by atoms with van der Waals surface area (Å²) in [5, 5.41) is 8.92. The fraction of sp³-hybridized carbons (Fsp3) is 0.0196. The maximum atomic E-state index is 3.90. The molecule has 0 radical (unpaired) electrons. The number of fused-ring (bicyclic) bond motifs is 7. The van der Waals surface area contributed by atoms with E-state index in [1.807, 2.05) is 0 Å². The topological polar surface area (TPSA) is 21.9 Å². The molecule has 3 heterocycles. The van der Waals surface area contributed by atoms with Crippen LogP contribution in [0.4, 0.5) is 5.69 Å². The molecular formula is C51H35N3. The zero-order chi connectivity index (χ0) is 35.6. The SMILES string of the molecule is C1=C(c2ccc(-c3ccccc3)cc2)c2ccccc2NC1n1c2ccccc2c2cc(-c3ccc4c(c3)c3ccccc3n4-c3ccccc3)ccc21. The van der Waals surface area contributed by atoms with Crippen LogP contribution in [0, 0.1) is 0 Å². The van der Waals surface area contributed by atoms with Crippen LogP contribution in [-0.2, 0) is 0 Å². The van der Waals surface area contributed by atoms with E-state index < -0.39 is 0 Å². The summed E-state index contributed by atoms with van der Waals surface area (Å²) in [7, 11) is 0. The number of hydrogen-bond donors (Lipinski definition) is 1. The minimum Gasteiger partial charge on any atom is -0.361 e. The highest BCUT2D eigenvalue weighted by Crippen LogP contribution is 2.42. The van der Waals surface area contributed by atoms with Crippen molar-refractivity contribution in [1.82, 2.24) is 9.13 Å². The number of hydrogen-bond acceptors (Lipinski definition) is 1. The highest BCUT2D eigenvalue weighted by Gasteiger charge is 2.24. The fourth-order valence-electron chi connectivity index (χ4n) is 8.65. The number of para-hydroxylation sites is 4. The quantitative estimate of drug-likeness (QED) is 0.191. The summed E-state index contributed by atoms with van der Waals surface area (Å²) in [4.78, 5) is 0. The number of rotatable bonds is 5. The van der Waals surface area contributed by atoms with Crippen molar-refractivity contribution >= 4 is 54.9 Å². The Labute approximate surface area is 313 Å². The van der Waals surface area contributed by atoms with Crippen molar-refractivity contribution in [1.29, 1.82) is 0 Å². The molecule has 54 heavy (non-hydrogen) atoms. The van der Waals surface area contributed by atoms with E-state index in [4.69, 9.17) is 0 Å². The van der Waals surface area contributed by atoms with Gasteiger partial charge >= 0.3 is 0 Å². The molecule has 1 N–H and O–H groups in total. The Balaban J connectivity index is 1.04. The van der Waals surface area contributed by atoms with E-state index in [-0.39, 0.29) is 6.17 Å². The van der Waals surface area contributed by atoms with E-state index in [1.54, 1.807) is 0 Å². The Bertz CT molecular complexity index is 3060. The third kappa shape index (κ3) is 4.83. The lowest BCUT2D eigenvalue weighted by Crippen LogP contribution is -2.20. The van der Waals surface area contributed by atoms with Gasteiger partial charge in [-0.3, -0.25) is 0 Å². The van der Waals surface area contributed by atoms with Crippen molar-refractivity contribution in [2.75, 3.05) is 5.32 Å². The first kappa shape index (κ1) is 30.5. The lowest BCUT2D eigenvalue weighted by Gasteiger charge is -2.29. The van der Waals surface area contributed by atoms with Gasteiger partial charge in [-0.25, -0.2) is 0 Å². The van der Waals surface area contributed by atoms with Gasteiger partial charge in [0.25, 0.3) is 0 Å². The van der Waals surface area contributed by atoms with Gasteiger partial charge in [0.2, 0.25) is 0 Å². The number of nitrogens with zero attached hydrogens (tertiary/aromatic N) is 2. The largest absolute Gasteiger partial charge is 0.361 e. The fourth-order valence-corrected chi connectivity index (χ4v) is 8.65. The van der Waals surface area contributed by atoms with Crippen LogP contribution in [0.2, 0.25) is 0 Å². The Kier molecular flexibility index (Phi) is 6.93. The molecule has 8 aromatic carbocycles. The van der Waals surface area contributed by atoms with Gasteiger partial charge < -0.3 is 14.5 Å². The van der Waals surface area contributed by atoms with Crippen LogP contribution in [0.5, 0.6) is 0 Å². The third-order valence-corrected chi connectivity index (χ3v) is 11.2. The molecule has 1 unspecified atom stereocenters. The van der Waals surface area contributed by atoms with Gasteiger partial charge in [0.1, 0.15) is 6.17 Å². The molecule has 11 rings (SSSR count). The van der Waals surface area contributed by atoms with E-state index >= 15 is 0 Å². The van der Waals surface area contributed by atoms with E-state index in [0.29, 0.717) is 0 Å². The van der Waals surface area contributed by atoms with Crippen LogP contribution >= 0.6 is 0 Å². The van der Waals surface area contributed by atoms with Crippen molar-refractivity contribution < 1.29 is 0 Å². The average Bonchev–Trinajstić information content (AvgIpc) is 3.76. The number of anilines is 1. The Morgan fingerprint density at radius 3 is 1.63 bits per heavy atom. The Hall–Kier alpha value is -7.10. The molecule has 10 aromatic rings. The summed E-state index contributed by atoms with van der Waals surface area (Å²) < 4.78 is 4.85. The molecule has 2 aromatic heterocycles. The predicted molar refractivity (Wildman–Crippen MR) is 227 cm³/mol. The molecule has 1 aliphatic heterocycles. The molecule has 3 nitrogen and oxygen atoms in total. The molecule has 254 valence electrons. The van der Waals surface area contributed by atoms with Gasteiger partial charge in [0.15, 0.2) is 0 Å². The summed E-state index contributed by atoms with van der Waals surface area (Å²) in [6, 6.07) is 70.4. The summed E-state index contributed by atoms with van der Waals surface area (Å²) in [5.74, 6) is 0. The third-order valence-electron chi connectivity index (χ3n) is 11.2. The maximum absolute atomic E-state index is 3.90. The second kappa shape index (κ2) is 12.3. The predicted octanol–water partition coefficient (Wildman–Crippen LogP) is 13.3. The van der Waals surface area contributed by atoms with Gasteiger partial charge in [0.05, 0.1) is 22.1 Å². The lowest BCUT2D eigenvalue weighted by molar-refractivity contribution is 0.722. The van der Waals surface area contributed by atoms with Crippen molar-refractivity contribution in [3.63, 3.8) is 0 Å². The van der Waals surface area contributed by atoms with Crippen LogP contribution < -0.4 is 5.32 Å². The maximum Gasteiger partial charge on any atom is 0.124 e. The molecule has 1 aliphatic rings. The molecule has 0 aliphatic carbocycles. The molecule has 3 heteroatoms. The molecule has 0 bridgehead atoms. The summed E-state index contributed by atoms with van der Waals surface area (Å²) in [5.41, 5.74) is 15.7. The Morgan fingerprint density at radius 1 is 0.370 bits per heavy atom. The first-order valence-electron chi connectivity index (χ1n) is 18.6. The molecular weight excluding hydrogens is 655 g/mol. The highest BCUT2D eigenvalue weighted by molar-refractivity contribution is 6.12. The first-order chi connectivity index (χ1) is 26.8. The average molecular weight is 690 g/mol. The van der Waals surface area contributed by atoms with Crippen LogP contribution in [0.1, 0.15) is 17.3 Å². The molecule has 1 atom stereocenters. The monoisotopic (exact) mass is 689 g/mol. The van der Waals surface area contributed by atoms with Crippen LogP contribution in [0.15, 0.2) is 200 Å². The van der Waals surface area contributed by atoms with Gasteiger partial charge in [-0.05, 0) is 94.1 Å². The molecule has 0 fully saturated rings. The number of aromatic nitrogens is 2. The second-order valence-electron chi connectivity index (χ2n) is 14.2. The second-order valence-corrected chi connectivity index (χ2v) is 14.2. The normalized spacial score (nSPS) is 14.0. The lowest BCUT2D eigenvalue weighted by atomic mass is 9.91. The van der Waals surface area contributed by atoms with E-state index in [0.717, 1.165) is 5.69 Å². The zero-order valence-corrected chi connectivity index (χ0v) is 29.5. The van der Waals surface area contributed by atoms with Crippen molar-refractivity contribution in [2.24, 2.45) is 0 Å². The standard InChI is InChI=1S/C51H35N3/c1-3-13-34(14-4-1)35-23-25-36(26-24-35)43-33-51(52-46-20-10-7-17-40(43)46)54-48-22-12-9-19-42(48)45-32-38(28-30-50(45)54)37-27-29-49-44(31-37)41-18-8-11-21-47(41)53(49)39-15-5-2-6-16-39/h1-33,51-52H. The van der Waals surface area contributed by atoms with E-state index in [9.17, 15) is 0 Å². The number of nitrogens with one attached hydrogen (secondary N) is 1. The summed E-state index contributed by atoms with van der Waals surface area (Å²) in [6.07, 6.45) is 2.31. The smallest absolute Gasteiger partial charge is 0.124 e. The molecule has 0 saturated heterocycles. The molecule has 0 spiro atoms. The van der Waals surface area contributed by atoms with Gasteiger partial charge in [-0.15, -0.1) is 0 Å². The van der Waals surface area contributed by atoms with E-state index in [2.05, 4.69) is 215 Å². The van der Waals surface area contributed by atoms with Crippen LogP contribution in [0.3, 0.4) is 0 Å². The highest BCUT2D eigenvalue weighted by atomic mass is 15.2. The first-order valence-corrected chi connectivity index (χ1v) is 18.6. The van der Waals surface area contributed by atoms with Gasteiger partial charge in [-0.2, -0.15) is 0 Å². The van der Waals surface area contributed by atoms with E-state index in [1.165, 1.54) is 88.3 Å². The minimum absolute atomic E-state index is 0.0857. The van der Waals surface area contributed by atoms with Crippen molar-refractivity contribution in [3.8, 4) is 27.9 Å². The summed E-state index contributed by atoms with van der Waals surface area (Å²) in [6.45, 7) is 0. The van der Waals surface area contributed by atoms with Crippen molar-refractivity contribution in [2.45, 2.75) is 6.17 Å².